The van der Waals surface area contributed by atoms with Crippen LogP contribution in [0.25, 0.3) is 0 Å². The maximum absolute atomic E-state index is 13.2. The molecule has 4 rings (SSSR count). The van der Waals surface area contributed by atoms with Crippen LogP contribution in [0.1, 0.15) is 42.5 Å². The molecule has 2 aromatic carbocycles. The van der Waals surface area contributed by atoms with Crippen molar-refractivity contribution in [1.29, 1.82) is 0 Å². The van der Waals surface area contributed by atoms with Crippen molar-refractivity contribution in [3.8, 4) is 5.75 Å². The molecule has 2 aromatic rings. The molecule has 2 N–H and O–H groups in total. The predicted octanol–water partition coefficient (Wildman–Crippen LogP) is 4.93. The monoisotopic (exact) mass is 404 g/mol. The van der Waals surface area contributed by atoms with Gasteiger partial charge < -0.3 is 15.4 Å². The van der Waals surface area contributed by atoms with Gasteiger partial charge in [0.05, 0.1) is 12.7 Å². The van der Waals surface area contributed by atoms with E-state index in [1.807, 2.05) is 18.2 Å². The van der Waals surface area contributed by atoms with E-state index in [-0.39, 0.29) is 12.1 Å². The molecule has 2 aliphatic rings. The molecule has 1 saturated heterocycles. The van der Waals surface area contributed by atoms with E-state index in [0.717, 1.165) is 18.9 Å². The summed E-state index contributed by atoms with van der Waals surface area (Å²) in [6, 6.07) is 14.7. The molecule has 1 aliphatic carbocycles. The van der Waals surface area contributed by atoms with Crippen LogP contribution in [0, 0.1) is 11.8 Å². The molecule has 0 amide bonds. The summed E-state index contributed by atoms with van der Waals surface area (Å²) in [5.74, 6) is 1.57. The van der Waals surface area contributed by atoms with Crippen LogP contribution in [-0.4, -0.2) is 19.2 Å². The van der Waals surface area contributed by atoms with E-state index in [4.69, 9.17) is 4.74 Å². The molecule has 2 fully saturated rings. The van der Waals surface area contributed by atoms with Crippen molar-refractivity contribution >= 4 is 0 Å². The Kier molecular flexibility index (Phi) is 5.58. The van der Waals surface area contributed by atoms with Crippen LogP contribution in [0.15, 0.2) is 48.5 Å². The molecule has 6 heteroatoms. The highest BCUT2D eigenvalue weighted by Crippen LogP contribution is 2.43. The summed E-state index contributed by atoms with van der Waals surface area (Å²) in [6.07, 6.45) is -2.14. The maximum Gasteiger partial charge on any atom is 0.416 e. The summed E-state index contributed by atoms with van der Waals surface area (Å²) in [5, 5.41) is 7.37. The molecule has 1 aliphatic heterocycles. The van der Waals surface area contributed by atoms with Crippen LogP contribution in [-0.2, 0) is 12.7 Å². The number of alkyl halides is 3. The molecule has 1 heterocycles. The lowest BCUT2D eigenvalue weighted by molar-refractivity contribution is -0.137. The minimum Gasteiger partial charge on any atom is -0.496 e. The Morgan fingerprint density at radius 3 is 2.55 bits per heavy atom. The largest absolute Gasteiger partial charge is 0.496 e. The molecule has 5 unspecified atom stereocenters. The van der Waals surface area contributed by atoms with Gasteiger partial charge in [0.15, 0.2) is 0 Å². The van der Waals surface area contributed by atoms with Gasteiger partial charge >= 0.3 is 6.18 Å². The zero-order valence-electron chi connectivity index (χ0n) is 16.7. The number of hydrogen-bond acceptors (Lipinski definition) is 3. The van der Waals surface area contributed by atoms with E-state index in [1.165, 1.54) is 24.8 Å². The van der Waals surface area contributed by atoms with E-state index in [9.17, 15) is 13.2 Å². The molecule has 5 atom stereocenters. The fraction of sp³-hybridized carbons (Fsp3) is 0.478. The van der Waals surface area contributed by atoms with E-state index < -0.39 is 11.7 Å². The molecular formula is C23H27F3N2O. The topological polar surface area (TPSA) is 33.3 Å². The van der Waals surface area contributed by atoms with Gasteiger partial charge in [-0.25, -0.2) is 0 Å². The van der Waals surface area contributed by atoms with Crippen LogP contribution in [0.3, 0.4) is 0 Å². The highest BCUT2D eigenvalue weighted by Gasteiger charge is 2.45. The molecule has 0 radical (unpaired) electrons. The van der Waals surface area contributed by atoms with Gasteiger partial charge in [0.25, 0.3) is 0 Å². The van der Waals surface area contributed by atoms with E-state index >= 15 is 0 Å². The Morgan fingerprint density at radius 2 is 1.86 bits per heavy atom. The van der Waals surface area contributed by atoms with Gasteiger partial charge in [-0.2, -0.15) is 13.2 Å². The summed E-state index contributed by atoms with van der Waals surface area (Å²) >= 11 is 0. The number of nitrogens with one attached hydrogen (secondary N) is 2. The van der Waals surface area contributed by atoms with Crippen molar-refractivity contribution in [3.63, 3.8) is 0 Å². The lowest BCUT2D eigenvalue weighted by Crippen LogP contribution is -2.51. The van der Waals surface area contributed by atoms with Gasteiger partial charge in [-0.1, -0.05) is 37.3 Å². The van der Waals surface area contributed by atoms with Gasteiger partial charge in [0, 0.05) is 30.2 Å². The summed E-state index contributed by atoms with van der Waals surface area (Å²) in [7, 11) is 1.49. The van der Waals surface area contributed by atoms with Gasteiger partial charge in [-0.3, -0.25) is 0 Å². The van der Waals surface area contributed by atoms with Crippen molar-refractivity contribution in [2.45, 2.75) is 50.6 Å². The second-order valence-corrected chi connectivity index (χ2v) is 8.30. The summed E-state index contributed by atoms with van der Waals surface area (Å²) in [6.45, 7) is 2.61. The fourth-order valence-electron chi connectivity index (χ4n) is 5.00. The first-order chi connectivity index (χ1) is 13.9. The molecular weight excluding hydrogens is 377 g/mol. The summed E-state index contributed by atoms with van der Waals surface area (Å²) < 4.78 is 44.8. The Balaban J connectivity index is 1.58. The van der Waals surface area contributed by atoms with Crippen LogP contribution >= 0.6 is 0 Å². The minimum absolute atomic E-state index is 0.140. The minimum atomic E-state index is -4.37. The first-order valence-corrected chi connectivity index (χ1v) is 10.2. The third-order valence-electron chi connectivity index (χ3n) is 6.47. The number of piperidine rings is 1. The van der Waals surface area contributed by atoms with Gasteiger partial charge in [-0.05, 0) is 48.4 Å². The third-order valence-corrected chi connectivity index (χ3v) is 6.47. The predicted molar refractivity (Wildman–Crippen MR) is 107 cm³/mol. The van der Waals surface area contributed by atoms with E-state index in [2.05, 4.69) is 29.7 Å². The fourth-order valence-corrected chi connectivity index (χ4v) is 5.00. The number of halogens is 3. The van der Waals surface area contributed by atoms with Crippen molar-refractivity contribution in [2.24, 2.45) is 11.8 Å². The average Bonchev–Trinajstić information content (AvgIpc) is 3.01. The Bertz CT molecular complexity index is 838. The van der Waals surface area contributed by atoms with Crippen LogP contribution in [0.5, 0.6) is 5.75 Å². The standard InChI is InChI=1S/C23H27F3N2O/c1-14-10-16-12-19(14)28-22(15-6-4-3-5-7-15)21(16)27-13-17-11-18(23(24,25)26)8-9-20(17)29-2/h3-9,11,14,16,19,21-22,27-28H,10,12-13H2,1-2H3. The van der Waals surface area contributed by atoms with E-state index in [0.29, 0.717) is 35.7 Å². The Labute approximate surface area is 169 Å². The van der Waals surface area contributed by atoms with Crippen LogP contribution in [0.4, 0.5) is 13.2 Å². The highest BCUT2D eigenvalue weighted by atomic mass is 19.4. The lowest BCUT2D eigenvalue weighted by Gasteiger charge is -2.39. The normalized spacial score (nSPS) is 29.1. The van der Waals surface area contributed by atoms with Crippen molar-refractivity contribution in [3.05, 3.63) is 65.2 Å². The number of ether oxygens (including phenoxy) is 1. The molecule has 0 spiro atoms. The lowest BCUT2D eigenvalue weighted by atomic mass is 9.84. The zero-order valence-corrected chi connectivity index (χ0v) is 16.7. The number of rotatable bonds is 5. The molecule has 3 nitrogen and oxygen atoms in total. The average molecular weight is 404 g/mol. The zero-order chi connectivity index (χ0) is 20.6. The third kappa shape index (κ3) is 4.14. The second-order valence-electron chi connectivity index (χ2n) is 8.30. The van der Waals surface area contributed by atoms with Gasteiger partial charge in [0.2, 0.25) is 0 Å². The first-order valence-electron chi connectivity index (χ1n) is 10.2. The van der Waals surface area contributed by atoms with Crippen LogP contribution in [0.2, 0.25) is 0 Å². The highest BCUT2D eigenvalue weighted by molar-refractivity contribution is 5.38. The number of benzene rings is 2. The van der Waals surface area contributed by atoms with Crippen molar-refractivity contribution in [1.82, 2.24) is 10.6 Å². The first kappa shape index (κ1) is 20.2. The maximum atomic E-state index is 13.2. The molecule has 0 aromatic heterocycles. The summed E-state index contributed by atoms with van der Waals surface area (Å²) in [4.78, 5) is 0. The molecule has 2 bridgehead atoms. The Morgan fingerprint density at radius 1 is 1.10 bits per heavy atom. The number of hydrogen-bond donors (Lipinski definition) is 2. The second kappa shape index (κ2) is 8.00. The Hall–Kier alpha value is -2.05. The van der Waals surface area contributed by atoms with E-state index in [1.54, 1.807) is 0 Å². The molecule has 156 valence electrons. The smallest absolute Gasteiger partial charge is 0.416 e. The number of methoxy groups -OCH3 is 1. The quantitative estimate of drug-likeness (QED) is 0.741. The van der Waals surface area contributed by atoms with Crippen molar-refractivity contribution < 1.29 is 17.9 Å². The van der Waals surface area contributed by atoms with Gasteiger partial charge in [-0.15, -0.1) is 0 Å². The van der Waals surface area contributed by atoms with Crippen molar-refractivity contribution in [2.75, 3.05) is 7.11 Å². The molecule has 29 heavy (non-hydrogen) atoms. The van der Waals surface area contributed by atoms with Gasteiger partial charge in [0.1, 0.15) is 5.75 Å². The SMILES string of the molecule is COc1ccc(C(F)(F)F)cc1CNC1C2CC(C)C(C2)NC1c1ccccc1. The molecule has 1 saturated carbocycles. The van der Waals surface area contributed by atoms with Crippen LogP contribution < -0.4 is 15.4 Å². The number of fused-ring (bicyclic) bond motifs is 2. The summed E-state index contributed by atoms with van der Waals surface area (Å²) in [5.41, 5.74) is 1.10.